The normalized spacial score (nSPS) is 15.3. The highest BCUT2D eigenvalue weighted by Gasteiger charge is 2.21. The summed E-state index contributed by atoms with van der Waals surface area (Å²) < 4.78 is 13.4. The molecule has 0 amide bonds. The fourth-order valence-electron chi connectivity index (χ4n) is 4.28. The maximum atomic E-state index is 11.3. The number of imidazole rings is 1. The van der Waals surface area contributed by atoms with Gasteiger partial charge in [-0.3, -0.25) is 4.40 Å². The standard InChI is InChI=1S/C27H26N4O4/c1-34-24-14-22-19(13-25(24)35-12-10-18-5-3-2-4-6-18)9-11-28-23(22)8-7-21-16-30-27-29-15-20(26(32)33)17-31(21)27/h2-8,13-17,23,28H,9-12H2,1H3,(H,32,33)/b8-7+. The first-order valence-electron chi connectivity index (χ1n) is 11.5. The van der Waals surface area contributed by atoms with Gasteiger partial charge in [-0.15, -0.1) is 0 Å². The Labute approximate surface area is 202 Å². The fourth-order valence-corrected chi connectivity index (χ4v) is 4.28. The number of nitrogens with zero attached hydrogens (tertiary/aromatic N) is 3. The van der Waals surface area contributed by atoms with E-state index in [1.54, 1.807) is 17.7 Å². The number of aromatic nitrogens is 3. The number of carbonyl (C=O) groups is 1. The van der Waals surface area contributed by atoms with Crippen LogP contribution in [0.1, 0.15) is 38.8 Å². The van der Waals surface area contributed by atoms with Crippen LogP contribution in [0.15, 0.2) is 67.1 Å². The Morgan fingerprint density at radius 3 is 2.83 bits per heavy atom. The van der Waals surface area contributed by atoms with E-state index in [1.165, 1.54) is 23.5 Å². The predicted molar refractivity (Wildman–Crippen MR) is 132 cm³/mol. The number of carboxylic acid groups (broad SMARTS) is 1. The number of hydrogen-bond donors (Lipinski definition) is 2. The van der Waals surface area contributed by atoms with Crippen LogP contribution in [0, 0.1) is 0 Å². The van der Waals surface area contributed by atoms with E-state index in [2.05, 4.69) is 33.5 Å². The molecule has 1 aliphatic heterocycles. The summed E-state index contributed by atoms with van der Waals surface area (Å²) in [5.41, 5.74) is 4.42. The van der Waals surface area contributed by atoms with Crippen molar-refractivity contribution in [3.05, 3.63) is 95.1 Å². The van der Waals surface area contributed by atoms with Crippen molar-refractivity contribution >= 4 is 17.8 Å². The van der Waals surface area contributed by atoms with E-state index in [1.807, 2.05) is 36.4 Å². The van der Waals surface area contributed by atoms with Gasteiger partial charge in [0.25, 0.3) is 0 Å². The van der Waals surface area contributed by atoms with Crippen molar-refractivity contribution in [3.63, 3.8) is 0 Å². The average molecular weight is 471 g/mol. The van der Waals surface area contributed by atoms with E-state index in [0.717, 1.165) is 36.4 Å². The molecule has 35 heavy (non-hydrogen) atoms. The second-order valence-corrected chi connectivity index (χ2v) is 8.33. The van der Waals surface area contributed by atoms with Gasteiger partial charge in [0, 0.05) is 25.4 Å². The van der Waals surface area contributed by atoms with Gasteiger partial charge in [0.05, 0.1) is 37.2 Å². The number of methoxy groups -OCH3 is 1. The smallest absolute Gasteiger partial charge is 0.338 e. The van der Waals surface area contributed by atoms with Crippen molar-refractivity contribution in [2.45, 2.75) is 18.9 Å². The molecule has 0 saturated heterocycles. The van der Waals surface area contributed by atoms with Crippen LogP contribution >= 0.6 is 0 Å². The Kier molecular flexibility index (Phi) is 6.45. The molecular weight excluding hydrogens is 444 g/mol. The number of carboxylic acids is 1. The Balaban J connectivity index is 1.37. The topological polar surface area (TPSA) is 98.0 Å². The molecular formula is C27H26N4O4. The van der Waals surface area contributed by atoms with Crippen LogP contribution in [0.25, 0.3) is 11.9 Å². The van der Waals surface area contributed by atoms with Gasteiger partial charge in [-0.05, 0) is 41.3 Å². The minimum atomic E-state index is -1.03. The van der Waals surface area contributed by atoms with E-state index >= 15 is 0 Å². The third kappa shape index (κ3) is 4.88. The number of rotatable bonds is 8. The van der Waals surface area contributed by atoms with Crippen LogP contribution in [0.4, 0.5) is 0 Å². The zero-order chi connectivity index (χ0) is 24.2. The molecule has 1 atom stereocenters. The van der Waals surface area contributed by atoms with E-state index < -0.39 is 5.97 Å². The Hall–Kier alpha value is -4.17. The van der Waals surface area contributed by atoms with Gasteiger partial charge in [0.15, 0.2) is 11.5 Å². The number of benzene rings is 2. The largest absolute Gasteiger partial charge is 0.493 e. The van der Waals surface area contributed by atoms with E-state index in [4.69, 9.17) is 9.47 Å². The first kappa shape index (κ1) is 22.6. The first-order valence-corrected chi connectivity index (χ1v) is 11.5. The summed E-state index contributed by atoms with van der Waals surface area (Å²) in [7, 11) is 1.65. The second kappa shape index (κ2) is 9.99. The van der Waals surface area contributed by atoms with E-state index in [0.29, 0.717) is 18.1 Å². The third-order valence-corrected chi connectivity index (χ3v) is 6.11. The van der Waals surface area contributed by atoms with Gasteiger partial charge in [0.2, 0.25) is 5.78 Å². The lowest BCUT2D eigenvalue weighted by Crippen LogP contribution is -2.28. The number of fused-ring (bicyclic) bond motifs is 2. The lowest BCUT2D eigenvalue weighted by Gasteiger charge is -2.26. The molecule has 2 N–H and O–H groups in total. The molecule has 0 radical (unpaired) electrons. The van der Waals surface area contributed by atoms with Crippen molar-refractivity contribution in [2.75, 3.05) is 20.3 Å². The zero-order valence-corrected chi connectivity index (χ0v) is 19.3. The van der Waals surface area contributed by atoms with Gasteiger partial charge in [-0.1, -0.05) is 36.4 Å². The monoisotopic (exact) mass is 470 g/mol. The molecule has 0 bridgehead atoms. The third-order valence-electron chi connectivity index (χ3n) is 6.11. The molecule has 0 fully saturated rings. The van der Waals surface area contributed by atoms with Crippen LogP contribution in [-0.4, -0.2) is 45.7 Å². The van der Waals surface area contributed by atoms with Crippen molar-refractivity contribution < 1.29 is 19.4 Å². The molecule has 0 spiro atoms. The molecule has 1 unspecified atom stereocenters. The molecule has 1 aliphatic rings. The van der Waals surface area contributed by atoms with Crippen LogP contribution in [0.5, 0.6) is 11.5 Å². The maximum Gasteiger partial charge on any atom is 0.338 e. The highest BCUT2D eigenvalue weighted by atomic mass is 16.5. The Bertz CT molecular complexity index is 1380. The minimum absolute atomic E-state index is 0.0350. The van der Waals surface area contributed by atoms with Crippen molar-refractivity contribution in [3.8, 4) is 11.5 Å². The molecule has 4 aromatic rings. The average Bonchev–Trinajstić information content (AvgIpc) is 3.29. The van der Waals surface area contributed by atoms with Crippen LogP contribution in [-0.2, 0) is 12.8 Å². The minimum Gasteiger partial charge on any atom is -0.493 e. The van der Waals surface area contributed by atoms with Crippen molar-refractivity contribution in [1.82, 2.24) is 19.7 Å². The van der Waals surface area contributed by atoms with Gasteiger partial charge >= 0.3 is 5.97 Å². The summed E-state index contributed by atoms with van der Waals surface area (Å²) in [6.45, 7) is 1.40. The number of hydrogen-bond acceptors (Lipinski definition) is 6. The molecule has 2 aromatic carbocycles. The second-order valence-electron chi connectivity index (χ2n) is 8.33. The molecule has 5 rings (SSSR count). The SMILES string of the molecule is COc1cc2c(cc1OCCc1ccccc1)CCNC2/C=C/c1cnc2ncc(C(=O)O)cn12. The summed E-state index contributed by atoms with van der Waals surface area (Å²) in [6.07, 6.45) is 10.2. The molecule has 8 heteroatoms. The lowest BCUT2D eigenvalue weighted by molar-refractivity contribution is 0.0696. The van der Waals surface area contributed by atoms with Gasteiger partial charge in [-0.25, -0.2) is 14.8 Å². The van der Waals surface area contributed by atoms with Crippen LogP contribution in [0.3, 0.4) is 0 Å². The van der Waals surface area contributed by atoms with Gasteiger partial charge in [-0.2, -0.15) is 0 Å². The summed E-state index contributed by atoms with van der Waals surface area (Å²) in [6, 6.07) is 14.3. The molecule has 178 valence electrons. The van der Waals surface area contributed by atoms with Crippen LogP contribution < -0.4 is 14.8 Å². The lowest BCUT2D eigenvalue weighted by atomic mass is 9.93. The number of ether oxygens (including phenoxy) is 2. The summed E-state index contributed by atoms with van der Waals surface area (Å²) in [5, 5.41) is 12.8. The molecule has 0 saturated carbocycles. The molecule has 3 heterocycles. The van der Waals surface area contributed by atoms with Crippen molar-refractivity contribution in [1.29, 1.82) is 0 Å². The quantitative estimate of drug-likeness (QED) is 0.402. The number of aromatic carboxylic acids is 1. The van der Waals surface area contributed by atoms with Crippen molar-refractivity contribution in [2.24, 2.45) is 0 Å². The molecule has 8 nitrogen and oxygen atoms in total. The summed E-state index contributed by atoms with van der Waals surface area (Å²) >= 11 is 0. The van der Waals surface area contributed by atoms with E-state index in [-0.39, 0.29) is 11.6 Å². The Morgan fingerprint density at radius 2 is 2.03 bits per heavy atom. The molecule has 2 aromatic heterocycles. The van der Waals surface area contributed by atoms with Gasteiger partial charge in [0.1, 0.15) is 0 Å². The highest BCUT2D eigenvalue weighted by Crippen LogP contribution is 2.36. The predicted octanol–water partition coefficient (Wildman–Crippen LogP) is 3.96. The first-order chi connectivity index (χ1) is 17.1. The zero-order valence-electron chi connectivity index (χ0n) is 19.3. The fraction of sp³-hybridized carbons (Fsp3) is 0.222. The van der Waals surface area contributed by atoms with E-state index in [9.17, 15) is 9.90 Å². The molecule has 0 aliphatic carbocycles. The Morgan fingerprint density at radius 1 is 1.20 bits per heavy atom. The van der Waals surface area contributed by atoms with Crippen LogP contribution in [0.2, 0.25) is 0 Å². The number of nitrogens with one attached hydrogen (secondary N) is 1. The summed E-state index contributed by atoms with van der Waals surface area (Å²) in [5.74, 6) is 0.871. The highest BCUT2D eigenvalue weighted by molar-refractivity contribution is 5.87. The van der Waals surface area contributed by atoms with Gasteiger partial charge < -0.3 is 19.9 Å². The maximum absolute atomic E-state index is 11.3. The summed E-state index contributed by atoms with van der Waals surface area (Å²) in [4.78, 5) is 19.7.